The number of benzene rings is 2. The minimum atomic E-state index is -0.674. The van der Waals surface area contributed by atoms with Crippen LogP contribution >= 0.6 is 0 Å². The van der Waals surface area contributed by atoms with Crippen LogP contribution < -0.4 is 14.2 Å². The summed E-state index contributed by atoms with van der Waals surface area (Å²) in [4.78, 5) is 11.7. The van der Waals surface area contributed by atoms with E-state index in [4.69, 9.17) is 19.5 Å². The molecule has 0 saturated heterocycles. The van der Waals surface area contributed by atoms with E-state index in [1.165, 1.54) is 43.5 Å². The van der Waals surface area contributed by atoms with E-state index in [2.05, 4.69) is 0 Å². The molecule has 0 N–H and O–H groups in total. The summed E-state index contributed by atoms with van der Waals surface area (Å²) in [5.41, 5.74) is 0.382. The first kappa shape index (κ1) is 15.3. The van der Waals surface area contributed by atoms with Gasteiger partial charge in [0.05, 0.1) is 18.7 Å². The molecule has 0 heterocycles. The van der Waals surface area contributed by atoms with Crippen molar-refractivity contribution in [3.05, 3.63) is 53.8 Å². The molecular formula is C16H12FNO4. The Kier molecular flexibility index (Phi) is 4.94. The number of nitriles is 1. The highest BCUT2D eigenvalue weighted by Crippen LogP contribution is 2.28. The normalized spacial score (nSPS) is 9.68. The lowest BCUT2D eigenvalue weighted by Gasteiger charge is -2.10. The van der Waals surface area contributed by atoms with Crippen LogP contribution in [0.3, 0.4) is 0 Å². The summed E-state index contributed by atoms with van der Waals surface area (Å²) in [5, 5.41) is 8.80. The summed E-state index contributed by atoms with van der Waals surface area (Å²) in [6.07, 6.45) is 0. The van der Waals surface area contributed by atoms with Crippen molar-refractivity contribution in [2.75, 3.05) is 13.7 Å². The average Bonchev–Trinajstić information content (AvgIpc) is 2.53. The number of ether oxygens (including phenoxy) is 3. The van der Waals surface area contributed by atoms with Crippen LogP contribution in [0.5, 0.6) is 17.2 Å². The smallest absolute Gasteiger partial charge is 0.349 e. The minimum Gasteiger partial charge on any atom is -0.493 e. The van der Waals surface area contributed by atoms with Gasteiger partial charge >= 0.3 is 5.97 Å². The second-order valence-electron chi connectivity index (χ2n) is 4.20. The van der Waals surface area contributed by atoms with Gasteiger partial charge in [-0.3, -0.25) is 0 Å². The van der Waals surface area contributed by atoms with E-state index in [-0.39, 0.29) is 23.9 Å². The maximum absolute atomic E-state index is 13.0. The summed E-state index contributed by atoms with van der Waals surface area (Å²) in [7, 11) is 1.40. The second kappa shape index (κ2) is 7.09. The number of rotatable bonds is 5. The molecule has 2 rings (SSSR count). The van der Waals surface area contributed by atoms with Crippen LogP contribution in [0, 0.1) is 17.1 Å². The lowest BCUT2D eigenvalue weighted by molar-refractivity contribution is -0.136. The minimum absolute atomic E-state index is 0.175. The number of halogens is 1. The van der Waals surface area contributed by atoms with Crippen LogP contribution in [0.4, 0.5) is 4.39 Å². The van der Waals surface area contributed by atoms with Gasteiger partial charge in [-0.25, -0.2) is 9.18 Å². The number of esters is 1. The molecule has 0 fully saturated rings. The van der Waals surface area contributed by atoms with Crippen molar-refractivity contribution in [3.63, 3.8) is 0 Å². The molecule has 0 aliphatic carbocycles. The van der Waals surface area contributed by atoms with E-state index in [1.54, 1.807) is 0 Å². The van der Waals surface area contributed by atoms with E-state index in [0.29, 0.717) is 5.56 Å². The number of carbonyl (C=O) groups is 1. The molecule has 6 heteroatoms. The van der Waals surface area contributed by atoms with Gasteiger partial charge in [-0.05, 0) is 24.3 Å². The largest absolute Gasteiger partial charge is 0.493 e. The van der Waals surface area contributed by atoms with Crippen molar-refractivity contribution in [1.29, 1.82) is 5.26 Å². The Hall–Kier alpha value is -3.07. The van der Waals surface area contributed by atoms with E-state index in [0.717, 1.165) is 6.07 Å². The fourth-order valence-electron chi connectivity index (χ4n) is 1.67. The average molecular weight is 301 g/mol. The summed E-state index contributed by atoms with van der Waals surface area (Å²) < 4.78 is 28.2. The van der Waals surface area contributed by atoms with Crippen LogP contribution in [0.15, 0.2) is 42.5 Å². The fraction of sp³-hybridized carbons (Fsp3) is 0.125. The van der Waals surface area contributed by atoms with Gasteiger partial charge in [0.2, 0.25) is 0 Å². The van der Waals surface area contributed by atoms with Crippen molar-refractivity contribution in [2.24, 2.45) is 0 Å². The molecule has 5 nitrogen and oxygen atoms in total. The van der Waals surface area contributed by atoms with Gasteiger partial charge in [-0.2, -0.15) is 5.26 Å². The van der Waals surface area contributed by atoms with Gasteiger partial charge in [0, 0.05) is 12.1 Å². The molecule has 0 saturated carbocycles. The van der Waals surface area contributed by atoms with Crippen LogP contribution in [-0.2, 0) is 4.79 Å². The summed E-state index contributed by atoms with van der Waals surface area (Å²) >= 11 is 0. The Balaban J connectivity index is 1.99. The van der Waals surface area contributed by atoms with Crippen LogP contribution in [0.1, 0.15) is 5.56 Å². The first-order valence-electron chi connectivity index (χ1n) is 6.29. The Morgan fingerprint density at radius 1 is 1.23 bits per heavy atom. The van der Waals surface area contributed by atoms with E-state index in [1.807, 2.05) is 6.07 Å². The first-order valence-corrected chi connectivity index (χ1v) is 6.29. The zero-order valence-electron chi connectivity index (χ0n) is 11.7. The Labute approximate surface area is 126 Å². The van der Waals surface area contributed by atoms with Gasteiger partial charge in [0.15, 0.2) is 18.1 Å². The molecular weight excluding hydrogens is 289 g/mol. The van der Waals surface area contributed by atoms with Crippen LogP contribution in [-0.4, -0.2) is 19.7 Å². The fourth-order valence-corrected chi connectivity index (χ4v) is 1.67. The van der Waals surface area contributed by atoms with Gasteiger partial charge in [0.1, 0.15) is 11.6 Å². The molecule has 0 bridgehead atoms. The van der Waals surface area contributed by atoms with E-state index in [9.17, 15) is 9.18 Å². The zero-order chi connectivity index (χ0) is 15.9. The first-order chi connectivity index (χ1) is 10.6. The van der Waals surface area contributed by atoms with Gasteiger partial charge < -0.3 is 14.2 Å². The summed E-state index contributed by atoms with van der Waals surface area (Å²) in [6, 6.07) is 11.8. The highest BCUT2D eigenvalue weighted by molar-refractivity contribution is 5.75. The Bertz CT molecular complexity index is 724. The van der Waals surface area contributed by atoms with Crippen molar-refractivity contribution < 1.29 is 23.4 Å². The lowest BCUT2D eigenvalue weighted by atomic mass is 10.2. The summed E-state index contributed by atoms with van der Waals surface area (Å²) in [6.45, 7) is -0.382. The predicted molar refractivity (Wildman–Crippen MR) is 75.2 cm³/mol. The molecule has 0 unspecified atom stereocenters. The predicted octanol–water partition coefficient (Wildman–Crippen LogP) is 2.69. The van der Waals surface area contributed by atoms with Gasteiger partial charge in [-0.1, -0.05) is 6.07 Å². The monoisotopic (exact) mass is 301 g/mol. The molecule has 0 aliphatic heterocycles. The van der Waals surface area contributed by atoms with E-state index >= 15 is 0 Å². The van der Waals surface area contributed by atoms with Gasteiger partial charge in [0.25, 0.3) is 0 Å². The molecule has 2 aromatic rings. The van der Waals surface area contributed by atoms with Crippen LogP contribution in [0.2, 0.25) is 0 Å². The number of methoxy groups -OCH3 is 1. The Morgan fingerprint density at radius 3 is 2.73 bits per heavy atom. The molecule has 0 aromatic heterocycles. The molecule has 0 amide bonds. The highest BCUT2D eigenvalue weighted by Gasteiger charge is 2.12. The number of carbonyl (C=O) groups excluding carboxylic acids is 1. The topological polar surface area (TPSA) is 68.5 Å². The third-order valence-corrected chi connectivity index (χ3v) is 2.67. The third-order valence-electron chi connectivity index (χ3n) is 2.67. The quantitative estimate of drug-likeness (QED) is 0.627. The molecule has 2 aromatic carbocycles. The third kappa shape index (κ3) is 3.96. The zero-order valence-corrected chi connectivity index (χ0v) is 11.7. The van der Waals surface area contributed by atoms with Crippen molar-refractivity contribution in [3.8, 4) is 23.3 Å². The van der Waals surface area contributed by atoms with Crippen LogP contribution in [0.25, 0.3) is 0 Å². The molecule has 0 aliphatic rings. The van der Waals surface area contributed by atoms with Crippen molar-refractivity contribution >= 4 is 5.97 Å². The Morgan fingerprint density at radius 2 is 2.05 bits per heavy atom. The van der Waals surface area contributed by atoms with Gasteiger partial charge in [-0.15, -0.1) is 0 Å². The van der Waals surface area contributed by atoms with E-state index < -0.39 is 11.8 Å². The SMILES string of the molecule is COc1cc(C#N)ccc1OC(=O)COc1cccc(F)c1. The second-order valence-corrected chi connectivity index (χ2v) is 4.20. The molecule has 0 atom stereocenters. The molecule has 0 spiro atoms. The van der Waals surface area contributed by atoms with Crippen molar-refractivity contribution in [2.45, 2.75) is 0 Å². The molecule has 22 heavy (non-hydrogen) atoms. The molecule has 0 radical (unpaired) electrons. The summed E-state index contributed by atoms with van der Waals surface area (Å²) in [5.74, 6) is -0.469. The number of nitrogens with zero attached hydrogens (tertiary/aromatic N) is 1. The maximum atomic E-state index is 13.0. The standard InChI is InChI=1S/C16H12FNO4/c1-20-15-7-11(9-18)5-6-14(15)22-16(19)10-21-13-4-2-3-12(17)8-13/h2-8H,10H2,1H3. The maximum Gasteiger partial charge on any atom is 0.349 e. The van der Waals surface area contributed by atoms with Crippen molar-refractivity contribution in [1.82, 2.24) is 0 Å². The highest BCUT2D eigenvalue weighted by atomic mass is 19.1. The lowest BCUT2D eigenvalue weighted by Crippen LogP contribution is -2.18. The number of hydrogen-bond donors (Lipinski definition) is 0. The molecule has 112 valence electrons. The number of hydrogen-bond acceptors (Lipinski definition) is 5.